The van der Waals surface area contributed by atoms with Crippen molar-refractivity contribution in [3.05, 3.63) is 58.3 Å². The Morgan fingerprint density at radius 3 is 2.54 bits per heavy atom. The van der Waals surface area contributed by atoms with E-state index >= 15 is 0 Å². The molecular weight excluding hydrogens is 342 g/mol. The third-order valence-electron chi connectivity index (χ3n) is 5.57. The minimum absolute atomic E-state index is 0.295. The van der Waals surface area contributed by atoms with Gasteiger partial charge in [-0.15, -0.1) is 11.3 Å². The van der Waals surface area contributed by atoms with Crippen molar-refractivity contribution < 1.29 is 4.79 Å². The van der Waals surface area contributed by atoms with Crippen LogP contribution in [-0.2, 0) is 11.3 Å². The van der Waals surface area contributed by atoms with Crippen LogP contribution in [0, 0.1) is 0 Å². The van der Waals surface area contributed by atoms with Crippen molar-refractivity contribution in [3.8, 4) is 0 Å². The highest BCUT2D eigenvalue weighted by atomic mass is 32.1. The Morgan fingerprint density at radius 2 is 1.81 bits per heavy atom. The smallest absolute Gasteiger partial charge is 0.236 e. The number of thiophene rings is 1. The monoisotopic (exact) mass is 369 g/mol. The molecule has 4 nitrogen and oxygen atoms in total. The highest BCUT2D eigenvalue weighted by Gasteiger charge is 2.30. The molecule has 1 atom stereocenters. The second-order valence-corrected chi connectivity index (χ2v) is 8.31. The molecule has 0 spiro atoms. The molecule has 138 valence electrons. The third-order valence-corrected chi connectivity index (χ3v) is 6.43. The molecule has 26 heavy (non-hydrogen) atoms. The van der Waals surface area contributed by atoms with E-state index in [-0.39, 0.29) is 0 Å². The average molecular weight is 370 g/mol. The molecule has 2 fully saturated rings. The third kappa shape index (κ3) is 4.17. The van der Waals surface area contributed by atoms with Gasteiger partial charge in [0.1, 0.15) is 0 Å². The maximum absolute atomic E-state index is 12.8. The Kier molecular flexibility index (Phi) is 5.68. The number of nitrogens with zero attached hydrogens (tertiary/aromatic N) is 3. The molecule has 2 aromatic rings. The molecule has 4 rings (SSSR count). The number of hydrogen-bond acceptors (Lipinski definition) is 4. The SMILES string of the molecule is O=C(CN1CCCC1c1ccccc1)N1CCN(Cc2cccs2)CC1. The molecule has 0 saturated carbocycles. The second kappa shape index (κ2) is 8.33. The normalized spacial score (nSPS) is 22.0. The Bertz CT molecular complexity index is 695. The number of carbonyl (C=O) groups excluding carboxylic acids is 1. The summed E-state index contributed by atoms with van der Waals surface area (Å²) in [6.07, 6.45) is 2.34. The second-order valence-electron chi connectivity index (χ2n) is 7.28. The first-order chi connectivity index (χ1) is 12.8. The molecule has 0 bridgehead atoms. The zero-order chi connectivity index (χ0) is 17.8. The summed E-state index contributed by atoms with van der Waals surface area (Å²) in [6.45, 7) is 6.27. The lowest BCUT2D eigenvalue weighted by molar-refractivity contribution is -0.134. The lowest BCUT2D eigenvalue weighted by Gasteiger charge is -2.36. The molecule has 0 N–H and O–H groups in total. The summed E-state index contributed by atoms with van der Waals surface area (Å²) < 4.78 is 0. The maximum Gasteiger partial charge on any atom is 0.236 e. The van der Waals surface area contributed by atoms with E-state index in [1.54, 1.807) is 0 Å². The number of piperazine rings is 1. The van der Waals surface area contributed by atoms with Crippen molar-refractivity contribution in [1.29, 1.82) is 0 Å². The van der Waals surface area contributed by atoms with E-state index in [0.717, 1.165) is 45.7 Å². The van der Waals surface area contributed by atoms with E-state index in [4.69, 9.17) is 0 Å². The van der Waals surface area contributed by atoms with Crippen LogP contribution in [0.5, 0.6) is 0 Å². The molecule has 1 aromatic heterocycles. The number of rotatable bonds is 5. The van der Waals surface area contributed by atoms with Gasteiger partial charge in [0.25, 0.3) is 0 Å². The van der Waals surface area contributed by atoms with Gasteiger partial charge < -0.3 is 4.90 Å². The zero-order valence-electron chi connectivity index (χ0n) is 15.2. The van der Waals surface area contributed by atoms with Gasteiger partial charge in [-0.3, -0.25) is 14.6 Å². The summed E-state index contributed by atoms with van der Waals surface area (Å²) in [5.41, 5.74) is 1.35. The number of amides is 1. The van der Waals surface area contributed by atoms with Crippen LogP contribution >= 0.6 is 11.3 Å². The summed E-state index contributed by atoms with van der Waals surface area (Å²) in [7, 11) is 0. The van der Waals surface area contributed by atoms with Gasteiger partial charge in [-0.2, -0.15) is 0 Å². The molecule has 0 aliphatic carbocycles. The predicted octanol–water partition coefficient (Wildman–Crippen LogP) is 3.23. The lowest BCUT2D eigenvalue weighted by Crippen LogP contribution is -2.50. The molecular formula is C21H27N3OS. The molecule has 2 aliphatic heterocycles. The highest BCUT2D eigenvalue weighted by Crippen LogP contribution is 2.31. The molecule has 0 radical (unpaired) electrons. The first-order valence-corrected chi connectivity index (χ1v) is 10.5. The maximum atomic E-state index is 12.8. The number of hydrogen-bond donors (Lipinski definition) is 0. The van der Waals surface area contributed by atoms with E-state index in [1.165, 1.54) is 16.9 Å². The van der Waals surface area contributed by atoms with Crippen LogP contribution in [0.3, 0.4) is 0 Å². The van der Waals surface area contributed by atoms with Crippen molar-refractivity contribution in [2.24, 2.45) is 0 Å². The van der Waals surface area contributed by atoms with E-state index in [2.05, 4.69) is 62.5 Å². The number of benzene rings is 1. The summed E-state index contributed by atoms with van der Waals surface area (Å²) in [5.74, 6) is 0.295. The van der Waals surface area contributed by atoms with Gasteiger partial charge in [0.2, 0.25) is 5.91 Å². The fourth-order valence-electron chi connectivity index (χ4n) is 4.12. The summed E-state index contributed by atoms with van der Waals surface area (Å²) in [5, 5.41) is 2.13. The largest absolute Gasteiger partial charge is 0.339 e. The van der Waals surface area contributed by atoms with Crippen molar-refractivity contribution in [3.63, 3.8) is 0 Å². The minimum Gasteiger partial charge on any atom is -0.339 e. The van der Waals surface area contributed by atoms with Crippen LogP contribution < -0.4 is 0 Å². The van der Waals surface area contributed by atoms with E-state index in [1.807, 2.05) is 11.3 Å². The molecule has 2 aliphatic rings. The molecule has 5 heteroatoms. The van der Waals surface area contributed by atoms with E-state index in [9.17, 15) is 4.79 Å². The Hall–Kier alpha value is -1.69. The Balaban J connectivity index is 1.28. The van der Waals surface area contributed by atoms with Gasteiger partial charge in [0, 0.05) is 43.6 Å². The molecule has 2 saturated heterocycles. The number of likely N-dealkylation sites (tertiary alicyclic amines) is 1. The molecule has 3 heterocycles. The van der Waals surface area contributed by atoms with Gasteiger partial charge in [-0.05, 0) is 36.4 Å². The van der Waals surface area contributed by atoms with Crippen LogP contribution in [-0.4, -0.2) is 59.9 Å². The first kappa shape index (κ1) is 17.7. The topological polar surface area (TPSA) is 26.8 Å². The van der Waals surface area contributed by atoms with Crippen molar-refractivity contribution in [1.82, 2.24) is 14.7 Å². The highest BCUT2D eigenvalue weighted by molar-refractivity contribution is 7.09. The van der Waals surface area contributed by atoms with Gasteiger partial charge in [-0.25, -0.2) is 0 Å². The van der Waals surface area contributed by atoms with Crippen molar-refractivity contribution in [2.75, 3.05) is 39.3 Å². The average Bonchev–Trinajstić information content (AvgIpc) is 3.35. The standard InChI is InChI=1S/C21H27N3OS/c25-21(17-24-10-4-9-20(24)18-6-2-1-3-7-18)23-13-11-22(12-14-23)16-19-8-5-15-26-19/h1-3,5-8,15,20H,4,9-14,16-17H2. The van der Waals surface area contributed by atoms with E-state index < -0.39 is 0 Å². The summed E-state index contributed by atoms with van der Waals surface area (Å²) in [6, 6.07) is 15.3. The van der Waals surface area contributed by atoms with Crippen molar-refractivity contribution >= 4 is 17.2 Å². The van der Waals surface area contributed by atoms with Crippen LogP contribution in [0.4, 0.5) is 0 Å². The fourth-order valence-corrected chi connectivity index (χ4v) is 4.87. The molecule has 1 unspecified atom stereocenters. The molecule has 1 amide bonds. The fraction of sp³-hybridized carbons (Fsp3) is 0.476. The predicted molar refractivity (Wildman–Crippen MR) is 106 cm³/mol. The van der Waals surface area contributed by atoms with Crippen LogP contribution in [0.2, 0.25) is 0 Å². The van der Waals surface area contributed by atoms with Gasteiger partial charge in [0.05, 0.1) is 6.54 Å². The van der Waals surface area contributed by atoms with Gasteiger partial charge in [0.15, 0.2) is 0 Å². The van der Waals surface area contributed by atoms with Crippen LogP contribution in [0.25, 0.3) is 0 Å². The summed E-state index contributed by atoms with van der Waals surface area (Å²) in [4.78, 5) is 21.1. The van der Waals surface area contributed by atoms with Gasteiger partial charge >= 0.3 is 0 Å². The Labute approximate surface area is 160 Å². The number of carbonyl (C=O) groups is 1. The summed E-state index contributed by atoms with van der Waals surface area (Å²) >= 11 is 1.81. The zero-order valence-corrected chi connectivity index (χ0v) is 16.0. The minimum atomic E-state index is 0.295. The quantitative estimate of drug-likeness (QED) is 0.810. The van der Waals surface area contributed by atoms with Crippen molar-refractivity contribution in [2.45, 2.75) is 25.4 Å². The van der Waals surface area contributed by atoms with Crippen LogP contribution in [0.1, 0.15) is 29.3 Å². The Morgan fingerprint density at radius 1 is 1.00 bits per heavy atom. The van der Waals surface area contributed by atoms with E-state index in [0.29, 0.717) is 18.5 Å². The lowest BCUT2D eigenvalue weighted by atomic mass is 10.0. The molecule has 1 aromatic carbocycles. The first-order valence-electron chi connectivity index (χ1n) is 9.61. The van der Waals surface area contributed by atoms with Gasteiger partial charge in [-0.1, -0.05) is 36.4 Å². The van der Waals surface area contributed by atoms with Crippen LogP contribution in [0.15, 0.2) is 47.8 Å².